The van der Waals surface area contributed by atoms with Gasteiger partial charge in [-0.1, -0.05) is 17.4 Å². The Morgan fingerprint density at radius 2 is 2.00 bits per heavy atom. The largest absolute Gasteiger partial charge is 0.394 e. The zero-order valence-electron chi connectivity index (χ0n) is 11.7. The molecule has 2 aromatic heterocycles. The van der Waals surface area contributed by atoms with E-state index in [4.69, 9.17) is 0 Å². The number of aromatic nitrogens is 2. The van der Waals surface area contributed by atoms with Crippen molar-refractivity contribution >= 4 is 27.6 Å². The van der Waals surface area contributed by atoms with Crippen LogP contribution in [0.2, 0.25) is 0 Å². The Kier molecular flexibility index (Phi) is 4.26. The number of benzene rings is 1. The third kappa shape index (κ3) is 3.03. The van der Waals surface area contributed by atoms with Gasteiger partial charge in [0.15, 0.2) is 5.01 Å². The molecule has 0 spiro atoms. The van der Waals surface area contributed by atoms with Crippen LogP contribution in [0, 0.1) is 11.6 Å². The summed E-state index contributed by atoms with van der Waals surface area (Å²) in [5.41, 5.74) is 0.169. The van der Waals surface area contributed by atoms with Crippen LogP contribution in [0.3, 0.4) is 0 Å². The van der Waals surface area contributed by atoms with Crippen LogP contribution in [0.4, 0.5) is 8.78 Å². The number of nitrogens with one attached hydrogen (secondary N) is 1. The SMILES string of the molecule is O=C(N[C@@H](CO)c1c(F)cccc1F)c1nc2cccnc2s1. The van der Waals surface area contributed by atoms with Gasteiger partial charge in [-0.3, -0.25) is 4.79 Å². The Balaban J connectivity index is 1.88. The third-order valence-electron chi connectivity index (χ3n) is 3.20. The van der Waals surface area contributed by atoms with Crippen molar-refractivity contribution in [3.63, 3.8) is 0 Å². The van der Waals surface area contributed by atoms with Crippen molar-refractivity contribution in [2.75, 3.05) is 6.61 Å². The van der Waals surface area contributed by atoms with E-state index in [1.165, 1.54) is 6.07 Å². The molecule has 8 heteroatoms. The highest BCUT2D eigenvalue weighted by atomic mass is 32.1. The Labute approximate surface area is 133 Å². The molecule has 0 aliphatic carbocycles. The Morgan fingerprint density at radius 3 is 2.65 bits per heavy atom. The van der Waals surface area contributed by atoms with Crippen molar-refractivity contribution in [3.05, 3.63) is 58.7 Å². The van der Waals surface area contributed by atoms with Gasteiger partial charge >= 0.3 is 0 Å². The molecule has 0 unspecified atom stereocenters. The van der Waals surface area contributed by atoms with Crippen LogP contribution in [-0.4, -0.2) is 27.6 Å². The maximum Gasteiger partial charge on any atom is 0.280 e. The number of rotatable bonds is 4. The van der Waals surface area contributed by atoms with Gasteiger partial charge < -0.3 is 10.4 Å². The summed E-state index contributed by atoms with van der Waals surface area (Å²) in [6.07, 6.45) is 1.58. The zero-order valence-corrected chi connectivity index (χ0v) is 12.5. The van der Waals surface area contributed by atoms with Crippen LogP contribution in [0.25, 0.3) is 10.3 Å². The van der Waals surface area contributed by atoms with Crippen LogP contribution in [0.5, 0.6) is 0 Å². The van der Waals surface area contributed by atoms with Crippen molar-refractivity contribution < 1.29 is 18.7 Å². The molecule has 0 saturated carbocycles. The van der Waals surface area contributed by atoms with Gasteiger partial charge in [0.2, 0.25) is 0 Å². The zero-order chi connectivity index (χ0) is 16.4. The molecule has 3 aromatic rings. The van der Waals surface area contributed by atoms with E-state index in [2.05, 4.69) is 15.3 Å². The Bertz CT molecular complexity index is 816. The van der Waals surface area contributed by atoms with Crippen molar-refractivity contribution in [1.29, 1.82) is 0 Å². The monoisotopic (exact) mass is 335 g/mol. The number of thiazole rings is 1. The minimum atomic E-state index is -1.20. The number of carbonyl (C=O) groups excluding carboxylic acids is 1. The molecule has 1 atom stereocenters. The average Bonchev–Trinajstić information content (AvgIpc) is 2.97. The molecule has 1 aromatic carbocycles. The number of carbonyl (C=O) groups is 1. The lowest BCUT2D eigenvalue weighted by atomic mass is 10.1. The Morgan fingerprint density at radius 1 is 1.26 bits per heavy atom. The second-order valence-electron chi connectivity index (χ2n) is 4.69. The number of nitrogens with zero attached hydrogens (tertiary/aromatic N) is 2. The summed E-state index contributed by atoms with van der Waals surface area (Å²) in [7, 11) is 0. The normalized spacial score (nSPS) is 12.3. The van der Waals surface area contributed by atoms with Crippen LogP contribution in [0.1, 0.15) is 21.4 Å². The quantitative estimate of drug-likeness (QED) is 0.768. The standard InChI is InChI=1S/C15H11F2N3O2S/c16-8-3-1-4-9(17)12(8)11(7-21)19-13(22)15-20-10-5-2-6-18-14(10)23-15/h1-6,11,21H,7H2,(H,19,22)/t11-/m0/s1. The predicted octanol–water partition coefficient (Wildman–Crippen LogP) is 2.43. The van der Waals surface area contributed by atoms with Gasteiger partial charge in [0.25, 0.3) is 5.91 Å². The topological polar surface area (TPSA) is 75.1 Å². The summed E-state index contributed by atoms with van der Waals surface area (Å²) in [5.74, 6) is -2.31. The van der Waals surface area contributed by atoms with Crippen LogP contribution < -0.4 is 5.32 Å². The third-order valence-corrected chi connectivity index (χ3v) is 4.17. The van der Waals surface area contributed by atoms with E-state index in [1.54, 1.807) is 18.3 Å². The predicted molar refractivity (Wildman–Crippen MR) is 81.1 cm³/mol. The number of hydrogen-bond donors (Lipinski definition) is 2. The number of amides is 1. The maximum absolute atomic E-state index is 13.8. The van der Waals surface area contributed by atoms with Crippen molar-refractivity contribution in [1.82, 2.24) is 15.3 Å². The molecule has 0 bridgehead atoms. The van der Waals surface area contributed by atoms with Crippen molar-refractivity contribution in [2.24, 2.45) is 0 Å². The molecular weight excluding hydrogens is 324 g/mol. The number of pyridine rings is 1. The molecule has 23 heavy (non-hydrogen) atoms. The Hall–Kier alpha value is -2.45. The average molecular weight is 335 g/mol. The summed E-state index contributed by atoms with van der Waals surface area (Å²) in [4.78, 5) is 21.0. The fourth-order valence-electron chi connectivity index (χ4n) is 2.14. The fraction of sp³-hybridized carbons (Fsp3) is 0.133. The van der Waals surface area contributed by atoms with Gasteiger partial charge in [0.05, 0.1) is 12.6 Å². The smallest absolute Gasteiger partial charge is 0.280 e. The first kappa shape index (κ1) is 15.4. The number of halogens is 2. The highest BCUT2D eigenvalue weighted by Gasteiger charge is 2.23. The van der Waals surface area contributed by atoms with E-state index in [1.807, 2.05) is 0 Å². The molecule has 0 radical (unpaired) electrons. The molecule has 0 aliphatic rings. The molecule has 0 fully saturated rings. The molecule has 5 nitrogen and oxygen atoms in total. The summed E-state index contributed by atoms with van der Waals surface area (Å²) >= 11 is 1.06. The first-order valence-corrected chi connectivity index (χ1v) is 7.49. The van der Waals surface area contributed by atoms with E-state index in [-0.39, 0.29) is 10.6 Å². The summed E-state index contributed by atoms with van der Waals surface area (Å²) in [6, 6.07) is 5.53. The van der Waals surface area contributed by atoms with Crippen LogP contribution >= 0.6 is 11.3 Å². The molecule has 1 amide bonds. The van der Waals surface area contributed by atoms with Gasteiger partial charge in [-0.2, -0.15) is 0 Å². The lowest BCUT2D eigenvalue weighted by Gasteiger charge is -2.17. The highest BCUT2D eigenvalue weighted by molar-refractivity contribution is 7.19. The summed E-state index contributed by atoms with van der Waals surface area (Å²) in [6.45, 7) is -0.646. The number of hydrogen-bond acceptors (Lipinski definition) is 5. The van der Waals surface area contributed by atoms with E-state index in [0.717, 1.165) is 23.5 Å². The summed E-state index contributed by atoms with van der Waals surface area (Å²) < 4.78 is 27.6. The second kappa shape index (κ2) is 6.35. The van der Waals surface area contributed by atoms with Gasteiger partial charge in [-0.05, 0) is 24.3 Å². The van der Waals surface area contributed by atoms with E-state index in [0.29, 0.717) is 10.3 Å². The molecule has 118 valence electrons. The number of aliphatic hydroxyl groups excluding tert-OH is 1. The van der Waals surface area contributed by atoms with E-state index < -0.39 is 30.2 Å². The maximum atomic E-state index is 13.8. The molecule has 2 heterocycles. The van der Waals surface area contributed by atoms with Crippen LogP contribution in [0.15, 0.2) is 36.5 Å². The van der Waals surface area contributed by atoms with Crippen molar-refractivity contribution in [2.45, 2.75) is 6.04 Å². The molecular formula is C15H11F2N3O2S. The fourth-order valence-corrected chi connectivity index (χ4v) is 2.95. The van der Waals surface area contributed by atoms with Gasteiger partial charge in [-0.15, -0.1) is 0 Å². The van der Waals surface area contributed by atoms with Crippen LogP contribution in [-0.2, 0) is 0 Å². The lowest BCUT2D eigenvalue weighted by Crippen LogP contribution is -2.32. The first-order valence-electron chi connectivity index (χ1n) is 6.67. The summed E-state index contributed by atoms with van der Waals surface area (Å²) in [5, 5.41) is 11.9. The van der Waals surface area contributed by atoms with Gasteiger partial charge in [0.1, 0.15) is 22.0 Å². The van der Waals surface area contributed by atoms with Gasteiger partial charge in [-0.25, -0.2) is 18.7 Å². The molecule has 0 saturated heterocycles. The molecule has 2 N–H and O–H groups in total. The number of aliphatic hydroxyl groups is 1. The van der Waals surface area contributed by atoms with E-state index >= 15 is 0 Å². The van der Waals surface area contributed by atoms with Crippen molar-refractivity contribution in [3.8, 4) is 0 Å². The first-order chi connectivity index (χ1) is 11.1. The highest BCUT2D eigenvalue weighted by Crippen LogP contribution is 2.23. The van der Waals surface area contributed by atoms with E-state index in [9.17, 15) is 18.7 Å². The molecule has 0 aliphatic heterocycles. The lowest BCUT2D eigenvalue weighted by molar-refractivity contribution is 0.0913. The number of fused-ring (bicyclic) bond motifs is 1. The minimum Gasteiger partial charge on any atom is -0.394 e. The molecule has 3 rings (SSSR count). The second-order valence-corrected chi connectivity index (χ2v) is 5.67. The van der Waals surface area contributed by atoms with Gasteiger partial charge in [0, 0.05) is 11.8 Å². The minimum absolute atomic E-state index is 0.105.